The highest BCUT2D eigenvalue weighted by atomic mass is 32.2. The third-order valence-electron chi connectivity index (χ3n) is 5.55. The first-order valence-electron chi connectivity index (χ1n) is 5.80. The Hall–Kier alpha value is 0.310. The zero-order valence-electron chi connectivity index (χ0n) is 9.43. The molecule has 1 heterocycles. The molecule has 80 valence electrons. The standard InChI is InChI=1S/C12H20OS/c1-10(2)9-4-5-11(10,3)12(8-9)13-6-7-14-12/h9H,4-8H2,1-3H3/t9-,11-,12+/m1/s1. The van der Waals surface area contributed by atoms with Crippen molar-refractivity contribution in [1.82, 2.24) is 0 Å². The number of hydrogen-bond donors (Lipinski definition) is 0. The molecule has 1 saturated heterocycles. The van der Waals surface area contributed by atoms with Crippen molar-refractivity contribution < 1.29 is 4.74 Å². The SMILES string of the molecule is CC1(C)[C@@H]2CC[C@@]1(C)[C@@]1(C2)OCCS1. The maximum absolute atomic E-state index is 6.14. The Labute approximate surface area is 91.0 Å². The molecule has 2 aliphatic carbocycles. The first-order chi connectivity index (χ1) is 6.52. The van der Waals surface area contributed by atoms with Crippen LogP contribution in [-0.4, -0.2) is 17.3 Å². The summed E-state index contributed by atoms with van der Waals surface area (Å²) in [7, 11) is 0. The van der Waals surface area contributed by atoms with Gasteiger partial charge in [-0.2, -0.15) is 0 Å². The van der Waals surface area contributed by atoms with Crippen molar-refractivity contribution in [3.05, 3.63) is 0 Å². The summed E-state index contributed by atoms with van der Waals surface area (Å²) >= 11 is 2.09. The second-order valence-electron chi connectivity index (χ2n) is 5.94. The molecule has 1 aliphatic heterocycles. The molecule has 1 spiro atoms. The molecule has 0 aromatic rings. The molecule has 0 aromatic carbocycles. The molecule has 1 nitrogen and oxygen atoms in total. The lowest BCUT2D eigenvalue weighted by atomic mass is 9.69. The second kappa shape index (κ2) is 2.52. The Kier molecular flexibility index (Phi) is 1.71. The Morgan fingerprint density at radius 3 is 2.50 bits per heavy atom. The number of fused-ring (bicyclic) bond motifs is 3. The van der Waals surface area contributed by atoms with Crippen LogP contribution in [-0.2, 0) is 4.74 Å². The van der Waals surface area contributed by atoms with Crippen LogP contribution in [0.25, 0.3) is 0 Å². The van der Waals surface area contributed by atoms with Gasteiger partial charge in [0.15, 0.2) is 0 Å². The smallest absolute Gasteiger partial charge is 0.119 e. The van der Waals surface area contributed by atoms with E-state index in [0.29, 0.717) is 10.8 Å². The van der Waals surface area contributed by atoms with Gasteiger partial charge in [-0.05, 0) is 30.6 Å². The van der Waals surface area contributed by atoms with Gasteiger partial charge < -0.3 is 4.74 Å². The lowest BCUT2D eigenvalue weighted by Gasteiger charge is -2.45. The van der Waals surface area contributed by atoms with Crippen molar-refractivity contribution in [3.63, 3.8) is 0 Å². The highest BCUT2D eigenvalue weighted by Crippen LogP contribution is 2.74. The van der Waals surface area contributed by atoms with Crippen molar-refractivity contribution in [2.75, 3.05) is 12.4 Å². The molecule has 2 bridgehead atoms. The van der Waals surface area contributed by atoms with Crippen molar-refractivity contribution in [1.29, 1.82) is 0 Å². The zero-order valence-corrected chi connectivity index (χ0v) is 10.2. The lowest BCUT2D eigenvalue weighted by Crippen LogP contribution is -2.44. The van der Waals surface area contributed by atoms with E-state index in [2.05, 4.69) is 32.5 Å². The summed E-state index contributed by atoms with van der Waals surface area (Å²) in [6.45, 7) is 8.37. The van der Waals surface area contributed by atoms with Gasteiger partial charge in [-0.1, -0.05) is 20.8 Å². The van der Waals surface area contributed by atoms with Gasteiger partial charge in [0.25, 0.3) is 0 Å². The summed E-state index contributed by atoms with van der Waals surface area (Å²) in [6, 6.07) is 0. The molecule has 14 heavy (non-hydrogen) atoms. The fraction of sp³-hybridized carbons (Fsp3) is 1.00. The van der Waals surface area contributed by atoms with Crippen LogP contribution >= 0.6 is 11.8 Å². The van der Waals surface area contributed by atoms with Crippen LogP contribution in [0.5, 0.6) is 0 Å². The average molecular weight is 212 g/mol. The van der Waals surface area contributed by atoms with Gasteiger partial charge in [0, 0.05) is 11.2 Å². The van der Waals surface area contributed by atoms with E-state index in [4.69, 9.17) is 4.74 Å². The summed E-state index contributed by atoms with van der Waals surface area (Å²) in [6.07, 6.45) is 4.11. The molecule has 2 saturated carbocycles. The molecule has 0 radical (unpaired) electrons. The normalized spacial score (nSPS) is 54.6. The zero-order chi connectivity index (χ0) is 10.0. The minimum Gasteiger partial charge on any atom is -0.363 e. The summed E-state index contributed by atoms with van der Waals surface area (Å²) in [4.78, 5) is 0.194. The van der Waals surface area contributed by atoms with Gasteiger partial charge in [-0.15, -0.1) is 11.8 Å². The van der Waals surface area contributed by atoms with Gasteiger partial charge in [0.05, 0.1) is 6.61 Å². The Morgan fingerprint density at radius 1 is 1.29 bits per heavy atom. The van der Waals surface area contributed by atoms with Crippen molar-refractivity contribution in [2.24, 2.45) is 16.7 Å². The summed E-state index contributed by atoms with van der Waals surface area (Å²) in [5, 5.41) is 0. The van der Waals surface area contributed by atoms with E-state index >= 15 is 0 Å². The monoisotopic (exact) mass is 212 g/mol. The Morgan fingerprint density at radius 2 is 2.07 bits per heavy atom. The largest absolute Gasteiger partial charge is 0.363 e. The molecule has 0 aromatic heterocycles. The molecule has 2 heteroatoms. The number of ether oxygens (including phenoxy) is 1. The molecule has 0 unspecified atom stereocenters. The van der Waals surface area contributed by atoms with E-state index in [1.165, 1.54) is 25.0 Å². The molecule has 0 N–H and O–H groups in total. The highest BCUT2D eigenvalue weighted by molar-refractivity contribution is 8.00. The fourth-order valence-corrected chi connectivity index (χ4v) is 5.74. The third-order valence-corrected chi connectivity index (χ3v) is 7.12. The van der Waals surface area contributed by atoms with Crippen LogP contribution in [0.3, 0.4) is 0 Å². The van der Waals surface area contributed by atoms with E-state index in [1.807, 2.05) is 0 Å². The first-order valence-corrected chi connectivity index (χ1v) is 6.78. The van der Waals surface area contributed by atoms with E-state index in [9.17, 15) is 0 Å². The summed E-state index contributed by atoms with van der Waals surface area (Å²) < 4.78 is 6.14. The number of rotatable bonds is 0. The lowest BCUT2D eigenvalue weighted by molar-refractivity contribution is -0.0564. The molecule has 0 amide bonds. The van der Waals surface area contributed by atoms with Crippen LogP contribution in [0.15, 0.2) is 0 Å². The minimum absolute atomic E-state index is 0.194. The predicted octanol–water partition coefficient (Wildman–Crippen LogP) is 3.29. The van der Waals surface area contributed by atoms with Crippen molar-refractivity contribution in [2.45, 2.75) is 45.0 Å². The van der Waals surface area contributed by atoms with Crippen molar-refractivity contribution >= 4 is 11.8 Å². The van der Waals surface area contributed by atoms with E-state index in [1.54, 1.807) is 0 Å². The summed E-state index contributed by atoms with van der Waals surface area (Å²) in [5.41, 5.74) is 0.913. The van der Waals surface area contributed by atoms with Gasteiger partial charge in [0.1, 0.15) is 4.93 Å². The number of thioether (sulfide) groups is 1. The van der Waals surface area contributed by atoms with Crippen LogP contribution < -0.4 is 0 Å². The number of hydrogen-bond acceptors (Lipinski definition) is 2. The van der Waals surface area contributed by atoms with Crippen LogP contribution in [0.4, 0.5) is 0 Å². The highest BCUT2D eigenvalue weighted by Gasteiger charge is 2.70. The predicted molar refractivity (Wildman–Crippen MR) is 60.4 cm³/mol. The molecular weight excluding hydrogens is 192 g/mol. The van der Waals surface area contributed by atoms with Crippen LogP contribution in [0.2, 0.25) is 0 Å². The van der Waals surface area contributed by atoms with E-state index < -0.39 is 0 Å². The van der Waals surface area contributed by atoms with E-state index in [0.717, 1.165) is 12.5 Å². The van der Waals surface area contributed by atoms with Crippen molar-refractivity contribution in [3.8, 4) is 0 Å². The second-order valence-corrected chi connectivity index (χ2v) is 7.30. The fourth-order valence-electron chi connectivity index (χ4n) is 4.08. The van der Waals surface area contributed by atoms with Gasteiger partial charge in [0.2, 0.25) is 0 Å². The molecule has 3 aliphatic rings. The average Bonchev–Trinajstić information content (AvgIpc) is 2.70. The molecule has 3 fully saturated rings. The van der Waals surface area contributed by atoms with Crippen LogP contribution in [0, 0.1) is 16.7 Å². The minimum atomic E-state index is 0.194. The Balaban J connectivity index is 2.06. The third kappa shape index (κ3) is 0.802. The summed E-state index contributed by atoms with van der Waals surface area (Å²) in [5.74, 6) is 2.11. The van der Waals surface area contributed by atoms with Gasteiger partial charge in [-0.25, -0.2) is 0 Å². The van der Waals surface area contributed by atoms with Crippen LogP contribution in [0.1, 0.15) is 40.0 Å². The molecular formula is C12H20OS. The van der Waals surface area contributed by atoms with E-state index in [-0.39, 0.29) is 4.93 Å². The quantitative estimate of drug-likeness (QED) is 0.609. The van der Waals surface area contributed by atoms with Gasteiger partial charge >= 0.3 is 0 Å². The molecule has 3 atom stereocenters. The molecule has 3 rings (SSSR count). The topological polar surface area (TPSA) is 9.23 Å². The maximum atomic E-state index is 6.14. The first kappa shape index (κ1) is 9.53. The Bertz CT molecular complexity index is 267. The maximum Gasteiger partial charge on any atom is 0.119 e. The van der Waals surface area contributed by atoms with Gasteiger partial charge in [-0.3, -0.25) is 0 Å².